The van der Waals surface area contributed by atoms with E-state index in [1.165, 1.54) is 11.3 Å². The van der Waals surface area contributed by atoms with E-state index in [1.807, 2.05) is 15.8 Å². The number of rotatable bonds is 6. The van der Waals surface area contributed by atoms with Crippen LogP contribution in [0.2, 0.25) is 0 Å². The molecular weight excluding hydrogens is 316 g/mol. The van der Waals surface area contributed by atoms with Crippen molar-refractivity contribution in [1.82, 2.24) is 19.6 Å². The highest BCUT2D eigenvalue weighted by molar-refractivity contribution is 5.71. The Labute approximate surface area is 151 Å². The monoisotopic (exact) mass is 348 g/mol. The molecule has 2 aliphatic heterocycles. The average Bonchev–Trinajstić information content (AvgIpc) is 3.11. The van der Waals surface area contributed by atoms with Crippen molar-refractivity contribution in [1.29, 1.82) is 0 Å². The molecular formula is C19H32N4O2. The molecule has 2 aliphatic rings. The van der Waals surface area contributed by atoms with Crippen LogP contribution in [0.5, 0.6) is 0 Å². The van der Waals surface area contributed by atoms with Crippen LogP contribution < -0.4 is 0 Å². The van der Waals surface area contributed by atoms with E-state index in [4.69, 9.17) is 4.74 Å². The summed E-state index contributed by atoms with van der Waals surface area (Å²) in [4.78, 5) is 16.7. The van der Waals surface area contributed by atoms with Crippen LogP contribution in [0.1, 0.15) is 57.7 Å². The summed E-state index contributed by atoms with van der Waals surface area (Å²) in [7, 11) is 0. The van der Waals surface area contributed by atoms with Crippen molar-refractivity contribution in [2.45, 2.75) is 78.1 Å². The number of hydrogen-bond donors (Lipinski definition) is 0. The molecule has 140 valence electrons. The Balaban J connectivity index is 1.56. The van der Waals surface area contributed by atoms with E-state index in [-0.39, 0.29) is 17.7 Å². The number of carbonyl (C=O) groups is 1. The summed E-state index contributed by atoms with van der Waals surface area (Å²) in [6.07, 6.45) is 5.86. The molecule has 1 atom stereocenters. The predicted molar refractivity (Wildman–Crippen MR) is 97.4 cm³/mol. The number of ether oxygens (including phenoxy) is 1. The summed E-state index contributed by atoms with van der Waals surface area (Å²) >= 11 is 0. The van der Waals surface area contributed by atoms with Gasteiger partial charge in [0.15, 0.2) is 0 Å². The van der Waals surface area contributed by atoms with Gasteiger partial charge in [0.25, 0.3) is 0 Å². The smallest absolute Gasteiger partial charge is 0.410 e. The zero-order valence-electron chi connectivity index (χ0n) is 16.1. The van der Waals surface area contributed by atoms with Gasteiger partial charge in [-0.1, -0.05) is 13.3 Å². The van der Waals surface area contributed by atoms with Crippen LogP contribution in [0.4, 0.5) is 4.79 Å². The summed E-state index contributed by atoms with van der Waals surface area (Å²) in [5.74, 6) is 0. The standard InChI is InChI=1S/C19H32N4O2/c1-5-7-15(3)22-14-19(25-18(22)24)8-10-21(11-9-19)13-17-12-20-23(6-2)16(17)4/h12,15H,5-11,13-14H2,1-4H3. The summed E-state index contributed by atoms with van der Waals surface area (Å²) in [6.45, 7) is 13.1. The van der Waals surface area contributed by atoms with Crippen molar-refractivity contribution in [3.63, 3.8) is 0 Å². The van der Waals surface area contributed by atoms with Crippen LogP contribution in [0.15, 0.2) is 6.20 Å². The van der Waals surface area contributed by atoms with Crippen LogP contribution >= 0.6 is 0 Å². The minimum absolute atomic E-state index is 0.116. The van der Waals surface area contributed by atoms with Gasteiger partial charge in [0.2, 0.25) is 0 Å². The number of piperidine rings is 1. The number of aryl methyl sites for hydroxylation is 1. The normalized spacial score (nSPS) is 21.8. The van der Waals surface area contributed by atoms with E-state index in [2.05, 4.69) is 37.7 Å². The second-order valence-corrected chi connectivity index (χ2v) is 7.66. The molecule has 6 nitrogen and oxygen atoms in total. The topological polar surface area (TPSA) is 50.6 Å². The van der Waals surface area contributed by atoms with Crippen molar-refractivity contribution in [3.8, 4) is 0 Å². The Morgan fingerprint density at radius 1 is 1.32 bits per heavy atom. The van der Waals surface area contributed by atoms with Gasteiger partial charge in [0, 0.05) is 56.3 Å². The van der Waals surface area contributed by atoms with Crippen LogP contribution in [0.3, 0.4) is 0 Å². The quantitative estimate of drug-likeness (QED) is 0.792. The van der Waals surface area contributed by atoms with E-state index in [1.54, 1.807) is 0 Å². The number of aromatic nitrogens is 2. The van der Waals surface area contributed by atoms with Crippen LogP contribution in [-0.4, -0.2) is 57.0 Å². The molecule has 0 aliphatic carbocycles. The van der Waals surface area contributed by atoms with Crippen molar-refractivity contribution in [2.75, 3.05) is 19.6 Å². The zero-order valence-corrected chi connectivity index (χ0v) is 16.1. The summed E-state index contributed by atoms with van der Waals surface area (Å²) in [6, 6.07) is 0.275. The lowest BCUT2D eigenvalue weighted by molar-refractivity contribution is -0.00136. The van der Waals surface area contributed by atoms with Gasteiger partial charge >= 0.3 is 6.09 Å². The molecule has 2 saturated heterocycles. The highest BCUT2D eigenvalue weighted by atomic mass is 16.6. The van der Waals surface area contributed by atoms with Gasteiger partial charge in [-0.3, -0.25) is 9.58 Å². The fourth-order valence-corrected chi connectivity index (χ4v) is 4.14. The number of hydrogen-bond acceptors (Lipinski definition) is 4. The molecule has 1 aromatic rings. The van der Waals surface area contributed by atoms with Crippen LogP contribution in [0.25, 0.3) is 0 Å². The Kier molecular flexibility index (Phi) is 5.37. The van der Waals surface area contributed by atoms with E-state index in [9.17, 15) is 4.79 Å². The molecule has 1 unspecified atom stereocenters. The SMILES string of the molecule is CCCC(C)N1CC2(CCN(Cc3cnn(CC)c3C)CC2)OC1=O. The molecule has 1 amide bonds. The molecule has 0 aromatic carbocycles. The Bertz CT molecular complexity index is 605. The maximum Gasteiger partial charge on any atom is 0.410 e. The Hall–Kier alpha value is -1.56. The third-order valence-electron chi connectivity index (χ3n) is 5.90. The van der Waals surface area contributed by atoms with E-state index >= 15 is 0 Å². The lowest BCUT2D eigenvalue weighted by Gasteiger charge is -2.37. The number of amides is 1. The van der Waals surface area contributed by atoms with E-state index < -0.39 is 0 Å². The van der Waals surface area contributed by atoms with Gasteiger partial charge in [-0.25, -0.2) is 4.79 Å². The molecule has 2 fully saturated rings. The summed E-state index contributed by atoms with van der Waals surface area (Å²) < 4.78 is 7.91. The average molecular weight is 348 g/mol. The zero-order chi connectivity index (χ0) is 18.0. The highest BCUT2D eigenvalue weighted by Gasteiger charge is 2.47. The van der Waals surface area contributed by atoms with Crippen molar-refractivity contribution >= 4 is 6.09 Å². The highest BCUT2D eigenvalue weighted by Crippen LogP contribution is 2.35. The van der Waals surface area contributed by atoms with Gasteiger partial charge in [-0.15, -0.1) is 0 Å². The number of likely N-dealkylation sites (tertiary alicyclic amines) is 1. The van der Waals surface area contributed by atoms with Gasteiger partial charge in [-0.05, 0) is 27.2 Å². The summed E-state index contributed by atoms with van der Waals surface area (Å²) in [5.41, 5.74) is 2.30. The molecule has 3 rings (SSSR count). The Morgan fingerprint density at radius 2 is 2.04 bits per heavy atom. The third kappa shape index (κ3) is 3.68. The minimum atomic E-state index is -0.266. The second-order valence-electron chi connectivity index (χ2n) is 7.66. The van der Waals surface area contributed by atoms with E-state index in [0.29, 0.717) is 0 Å². The maximum atomic E-state index is 12.3. The molecule has 0 saturated carbocycles. The molecule has 1 spiro atoms. The van der Waals surface area contributed by atoms with Crippen molar-refractivity contribution in [2.24, 2.45) is 0 Å². The third-order valence-corrected chi connectivity index (χ3v) is 5.90. The molecule has 3 heterocycles. The van der Waals surface area contributed by atoms with Crippen molar-refractivity contribution < 1.29 is 9.53 Å². The first-order valence-corrected chi connectivity index (χ1v) is 9.71. The van der Waals surface area contributed by atoms with Gasteiger partial charge in [0.1, 0.15) is 5.60 Å². The lowest BCUT2D eigenvalue weighted by atomic mass is 9.90. The number of nitrogens with zero attached hydrogens (tertiary/aromatic N) is 4. The second kappa shape index (κ2) is 7.36. The minimum Gasteiger partial charge on any atom is -0.441 e. The number of carbonyl (C=O) groups excluding carboxylic acids is 1. The molecule has 25 heavy (non-hydrogen) atoms. The van der Waals surface area contributed by atoms with Gasteiger partial charge in [0.05, 0.1) is 12.7 Å². The first kappa shape index (κ1) is 18.2. The fraction of sp³-hybridized carbons (Fsp3) is 0.789. The van der Waals surface area contributed by atoms with Gasteiger partial charge in [-0.2, -0.15) is 5.10 Å². The van der Waals surface area contributed by atoms with E-state index in [0.717, 1.165) is 58.4 Å². The van der Waals surface area contributed by atoms with Crippen LogP contribution in [-0.2, 0) is 17.8 Å². The molecule has 6 heteroatoms. The Morgan fingerprint density at radius 3 is 2.64 bits per heavy atom. The fourth-order valence-electron chi connectivity index (χ4n) is 4.14. The first-order chi connectivity index (χ1) is 12.0. The molecule has 0 radical (unpaired) electrons. The lowest BCUT2D eigenvalue weighted by Crippen LogP contribution is -2.47. The molecule has 0 N–H and O–H groups in total. The first-order valence-electron chi connectivity index (χ1n) is 9.71. The predicted octanol–water partition coefficient (Wildman–Crippen LogP) is 3.19. The molecule has 0 bridgehead atoms. The maximum absolute atomic E-state index is 12.3. The molecule has 1 aromatic heterocycles. The van der Waals surface area contributed by atoms with Crippen LogP contribution in [0, 0.1) is 6.92 Å². The largest absolute Gasteiger partial charge is 0.441 e. The van der Waals surface area contributed by atoms with Gasteiger partial charge < -0.3 is 9.64 Å². The van der Waals surface area contributed by atoms with Crippen molar-refractivity contribution in [3.05, 3.63) is 17.5 Å². The summed E-state index contributed by atoms with van der Waals surface area (Å²) in [5, 5.41) is 4.44.